The van der Waals surface area contributed by atoms with Crippen LogP contribution in [-0.2, 0) is 17.9 Å². The van der Waals surface area contributed by atoms with E-state index in [1.54, 1.807) is 0 Å². The normalized spacial score (nSPS) is 12.1. The standard InChI is InChI=1S/C40H41N.C15H15N/c1-26-9-19-37-35(21-26)36-22-27(2)10-20-38(36)41(37)34-24-30(28-11-15-32(16-12-28)39(3,4)5)23-31(25-34)29-13-17-33(18-14-29)40(6,7)8;1-10-4-6-14-12(8-10)13-9-11(2)5-7-15(13)16(14)3/h9-25H,1-8H3;4-9H,1-3H3. The lowest BCUT2D eigenvalue weighted by Crippen LogP contribution is -2.10. The highest BCUT2D eigenvalue weighted by Gasteiger charge is 2.18. The fourth-order valence-corrected chi connectivity index (χ4v) is 8.37. The third kappa shape index (κ3) is 7.30. The minimum atomic E-state index is 0.125. The molecule has 0 fully saturated rings. The van der Waals surface area contributed by atoms with Gasteiger partial charge in [-0.2, -0.15) is 0 Å². The van der Waals surface area contributed by atoms with E-state index in [9.17, 15) is 0 Å². The third-order valence-corrected chi connectivity index (χ3v) is 11.7. The molecule has 0 aliphatic carbocycles. The van der Waals surface area contributed by atoms with E-state index in [4.69, 9.17) is 0 Å². The number of rotatable bonds is 3. The molecule has 0 bridgehead atoms. The smallest absolute Gasteiger partial charge is 0.0541 e. The molecule has 0 spiro atoms. The fraction of sp³-hybridized carbons (Fsp3) is 0.236. The fourth-order valence-electron chi connectivity index (χ4n) is 8.37. The highest BCUT2D eigenvalue weighted by atomic mass is 15.0. The first-order valence-corrected chi connectivity index (χ1v) is 20.4. The maximum absolute atomic E-state index is 2.45. The van der Waals surface area contributed by atoms with Crippen LogP contribution in [0.4, 0.5) is 0 Å². The van der Waals surface area contributed by atoms with Crippen LogP contribution in [0.3, 0.4) is 0 Å². The first-order chi connectivity index (χ1) is 27.0. The average Bonchev–Trinajstić information content (AvgIpc) is 3.63. The van der Waals surface area contributed by atoms with Gasteiger partial charge in [0.15, 0.2) is 0 Å². The second-order valence-corrected chi connectivity index (χ2v) is 18.4. The van der Waals surface area contributed by atoms with Gasteiger partial charge in [-0.15, -0.1) is 0 Å². The van der Waals surface area contributed by atoms with Crippen LogP contribution in [0.25, 0.3) is 71.6 Å². The Labute approximate surface area is 339 Å². The van der Waals surface area contributed by atoms with Crippen molar-refractivity contribution >= 4 is 43.6 Å². The molecule has 7 aromatic carbocycles. The Morgan fingerprint density at radius 1 is 0.333 bits per heavy atom. The Morgan fingerprint density at radius 2 is 0.649 bits per heavy atom. The summed E-state index contributed by atoms with van der Waals surface area (Å²) in [7, 11) is 2.13. The molecule has 57 heavy (non-hydrogen) atoms. The van der Waals surface area contributed by atoms with Gasteiger partial charge in [0.2, 0.25) is 0 Å². The summed E-state index contributed by atoms with van der Waals surface area (Å²) >= 11 is 0. The van der Waals surface area contributed by atoms with E-state index in [1.165, 1.54) is 105 Å². The summed E-state index contributed by atoms with van der Waals surface area (Å²) in [6.07, 6.45) is 0. The van der Waals surface area contributed by atoms with Crippen molar-refractivity contribution in [1.29, 1.82) is 0 Å². The highest BCUT2D eigenvalue weighted by Crippen LogP contribution is 2.38. The van der Waals surface area contributed by atoms with Gasteiger partial charge in [0.05, 0.1) is 11.0 Å². The van der Waals surface area contributed by atoms with Crippen LogP contribution >= 0.6 is 0 Å². The molecule has 0 amide bonds. The zero-order valence-corrected chi connectivity index (χ0v) is 35.7. The number of benzene rings is 7. The zero-order valence-electron chi connectivity index (χ0n) is 35.7. The summed E-state index contributed by atoms with van der Waals surface area (Å²) in [4.78, 5) is 0. The summed E-state index contributed by atoms with van der Waals surface area (Å²) in [5.41, 5.74) is 19.4. The van der Waals surface area contributed by atoms with Gasteiger partial charge in [-0.1, -0.05) is 137 Å². The van der Waals surface area contributed by atoms with Crippen molar-refractivity contribution in [3.8, 4) is 27.9 Å². The highest BCUT2D eigenvalue weighted by molar-refractivity contribution is 6.10. The van der Waals surface area contributed by atoms with Crippen molar-refractivity contribution in [2.75, 3.05) is 0 Å². The molecule has 0 N–H and O–H groups in total. The largest absolute Gasteiger partial charge is 0.344 e. The van der Waals surface area contributed by atoms with Crippen molar-refractivity contribution in [2.24, 2.45) is 7.05 Å². The predicted octanol–water partition coefficient (Wildman–Crippen LogP) is 15.3. The van der Waals surface area contributed by atoms with Gasteiger partial charge in [0.1, 0.15) is 0 Å². The van der Waals surface area contributed by atoms with Gasteiger partial charge in [0.25, 0.3) is 0 Å². The Hall–Kier alpha value is -5.86. The van der Waals surface area contributed by atoms with Crippen LogP contribution in [0, 0.1) is 27.7 Å². The van der Waals surface area contributed by atoms with Crippen molar-refractivity contribution in [3.63, 3.8) is 0 Å². The van der Waals surface area contributed by atoms with E-state index < -0.39 is 0 Å². The molecular formula is C55H56N2. The van der Waals surface area contributed by atoms with Crippen molar-refractivity contribution in [1.82, 2.24) is 9.13 Å². The molecule has 0 saturated heterocycles. The SMILES string of the molecule is Cc1ccc2c(c1)c1cc(C)ccc1n2-c1cc(-c2ccc(C(C)(C)C)cc2)cc(-c2ccc(C(C)(C)C)cc2)c1.Cc1ccc2c(c1)c1cc(C)ccc1n2C. The minimum absolute atomic E-state index is 0.125. The number of aryl methyl sites for hydroxylation is 5. The van der Waals surface area contributed by atoms with Gasteiger partial charge in [0, 0.05) is 45.3 Å². The van der Waals surface area contributed by atoms with Gasteiger partial charge in [-0.3, -0.25) is 0 Å². The van der Waals surface area contributed by atoms with E-state index in [0.717, 1.165) is 0 Å². The number of hydrogen-bond acceptors (Lipinski definition) is 0. The lowest BCUT2D eigenvalue weighted by Gasteiger charge is -2.20. The Morgan fingerprint density at radius 3 is 0.982 bits per heavy atom. The molecule has 2 heteroatoms. The summed E-state index contributed by atoms with van der Waals surface area (Å²) in [6.45, 7) is 22.3. The lowest BCUT2D eigenvalue weighted by molar-refractivity contribution is 0.590. The molecule has 0 saturated carbocycles. The zero-order chi connectivity index (χ0) is 40.4. The van der Waals surface area contributed by atoms with Crippen LogP contribution in [0.5, 0.6) is 0 Å². The van der Waals surface area contributed by atoms with Crippen LogP contribution in [0.2, 0.25) is 0 Å². The van der Waals surface area contributed by atoms with Crippen LogP contribution in [0.15, 0.2) is 140 Å². The van der Waals surface area contributed by atoms with E-state index in [-0.39, 0.29) is 10.8 Å². The van der Waals surface area contributed by atoms with Crippen LogP contribution in [-0.4, -0.2) is 9.13 Å². The molecule has 0 aliphatic heterocycles. The Balaban J connectivity index is 0.000000236. The quantitative estimate of drug-likeness (QED) is 0.170. The molecule has 2 heterocycles. The maximum atomic E-state index is 2.45. The van der Waals surface area contributed by atoms with Crippen LogP contribution < -0.4 is 0 Å². The molecule has 0 unspecified atom stereocenters. The van der Waals surface area contributed by atoms with Crippen LogP contribution in [0.1, 0.15) is 74.9 Å². The Kier molecular flexibility index (Phi) is 9.52. The van der Waals surface area contributed by atoms with E-state index in [0.29, 0.717) is 0 Å². The molecule has 0 aliphatic rings. The first kappa shape index (κ1) is 38.0. The van der Waals surface area contributed by atoms with Crippen molar-refractivity contribution in [2.45, 2.75) is 80.1 Å². The minimum Gasteiger partial charge on any atom is -0.344 e. The molecule has 0 radical (unpaired) electrons. The maximum Gasteiger partial charge on any atom is 0.0541 e. The molecular weight excluding hydrogens is 689 g/mol. The predicted molar refractivity (Wildman–Crippen MR) is 248 cm³/mol. The lowest BCUT2D eigenvalue weighted by atomic mass is 9.85. The average molecular weight is 745 g/mol. The number of aromatic nitrogens is 2. The van der Waals surface area contributed by atoms with Crippen molar-refractivity contribution < 1.29 is 0 Å². The summed E-state index contributed by atoms with van der Waals surface area (Å²) in [6, 6.07) is 52.3. The second kappa shape index (κ2) is 14.3. The number of hydrogen-bond donors (Lipinski definition) is 0. The second-order valence-electron chi connectivity index (χ2n) is 18.4. The van der Waals surface area contributed by atoms with Gasteiger partial charge in [-0.05, 0) is 139 Å². The van der Waals surface area contributed by atoms with Gasteiger partial charge < -0.3 is 9.13 Å². The summed E-state index contributed by atoms with van der Waals surface area (Å²) in [5.74, 6) is 0. The van der Waals surface area contributed by atoms with Gasteiger partial charge in [-0.25, -0.2) is 0 Å². The number of nitrogens with zero attached hydrogens (tertiary/aromatic N) is 2. The van der Waals surface area contributed by atoms with E-state index in [2.05, 4.69) is 225 Å². The Bertz CT molecular complexity index is 2740. The van der Waals surface area contributed by atoms with E-state index >= 15 is 0 Å². The van der Waals surface area contributed by atoms with Gasteiger partial charge >= 0.3 is 0 Å². The molecule has 9 aromatic rings. The topological polar surface area (TPSA) is 9.86 Å². The molecule has 0 atom stereocenters. The third-order valence-electron chi connectivity index (χ3n) is 11.7. The summed E-state index contributed by atoms with van der Waals surface area (Å²) in [5, 5.41) is 5.34. The molecule has 286 valence electrons. The van der Waals surface area contributed by atoms with E-state index in [1.807, 2.05) is 0 Å². The van der Waals surface area contributed by atoms with Crippen molar-refractivity contribution in [3.05, 3.63) is 173 Å². The first-order valence-electron chi connectivity index (χ1n) is 20.4. The molecule has 2 aromatic heterocycles. The number of fused-ring (bicyclic) bond motifs is 6. The molecule has 2 nitrogen and oxygen atoms in total. The monoisotopic (exact) mass is 744 g/mol. The molecule has 9 rings (SSSR count). The summed E-state index contributed by atoms with van der Waals surface area (Å²) < 4.78 is 4.72.